The molecule has 0 saturated heterocycles. The minimum absolute atomic E-state index is 0.116. The van der Waals surface area contributed by atoms with Crippen molar-refractivity contribution in [1.29, 1.82) is 0 Å². The number of carbonyl (C=O) groups excluding carboxylic acids is 2. The highest BCUT2D eigenvalue weighted by Crippen LogP contribution is 2.32. The number of nitrogens with two attached hydrogens (primary N) is 1. The molecule has 1 amide bonds. The third kappa shape index (κ3) is 2.53. The summed E-state index contributed by atoms with van der Waals surface area (Å²) in [5, 5.41) is 0. The Labute approximate surface area is 111 Å². The first-order chi connectivity index (χ1) is 9.04. The number of benzene rings is 1. The summed E-state index contributed by atoms with van der Waals surface area (Å²) >= 11 is 0. The van der Waals surface area contributed by atoms with Crippen LogP contribution in [0.4, 0.5) is 0 Å². The molecule has 1 aliphatic heterocycles. The van der Waals surface area contributed by atoms with E-state index in [1.807, 2.05) is 0 Å². The van der Waals surface area contributed by atoms with E-state index in [1.165, 1.54) is 4.90 Å². The van der Waals surface area contributed by atoms with Crippen molar-refractivity contribution < 1.29 is 19.1 Å². The summed E-state index contributed by atoms with van der Waals surface area (Å²) in [5.74, 6) is 0.727. The molecule has 0 saturated carbocycles. The average molecular weight is 264 g/mol. The van der Waals surface area contributed by atoms with E-state index < -0.39 is 6.04 Å². The molecule has 1 heterocycles. The number of rotatable bonds is 4. The lowest BCUT2D eigenvalue weighted by Crippen LogP contribution is -2.43. The molecule has 2 rings (SSSR count). The summed E-state index contributed by atoms with van der Waals surface area (Å²) < 4.78 is 10.4. The molecule has 1 aromatic carbocycles. The van der Waals surface area contributed by atoms with Gasteiger partial charge in [-0.1, -0.05) is 0 Å². The monoisotopic (exact) mass is 264 g/mol. The van der Waals surface area contributed by atoms with Gasteiger partial charge in [0.1, 0.15) is 0 Å². The van der Waals surface area contributed by atoms with Crippen LogP contribution >= 0.6 is 0 Å². The number of ether oxygens (including phenoxy) is 2. The van der Waals surface area contributed by atoms with Crippen molar-refractivity contribution in [2.75, 3.05) is 20.4 Å². The number of fused-ring (bicyclic) bond motifs is 1. The van der Waals surface area contributed by atoms with Gasteiger partial charge in [0.25, 0.3) is 0 Å². The number of carbonyl (C=O) groups is 2. The fraction of sp³-hybridized carbons (Fsp3) is 0.385. The number of nitrogens with zero attached hydrogens (tertiary/aromatic N) is 1. The summed E-state index contributed by atoms with van der Waals surface area (Å²) in [5.41, 5.74) is 5.76. The molecule has 0 radical (unpaired) electrons. The quantitative estimate of drug-likeness (QED) is 0.796. The lowest BCUT2D eigenvalue weighted by molar-refractivity contribution is -0.129. The molecule has 2 N–H and O–H groups in total. The van der Waals surface area contributed by atoms with Gasteiger partial charge in [-0.15, -0.1) is 0 Å². The van der Waals surface area contributed by atoms with Crippen molar-refractivity contribution in [3.05, 3.63) is 23.8 Å². The maximum Gasteiger partial charge on any atom is 0.236 e. The largest absolute Gasteiger partial charge is 0.454 e. The van der Waals surface area contributed by atoms with E-state index in [1.54, 1.807) is 32.2 Å². The second kappa shape index (κ2) is 5.27. The van der Waals surface area contributed by atoms with Crippen LogP contribution in [0.5, 0.6) is 11.5 Å². The Bertz CT molecular complexity index is 515. The molecular weight excluding hydrogens is 248 g/mol. The van der Waals surface area contributed by atoms with Crippen molar-refractivity contribution in [3.8, 4) is 11.5 Å². The highest BCUT2D eigenvalue weighted by molar-refractivity contribution is 6.02. The van der Waals surface area contributed by atoms with Crippen LogP contribution in [0, 0.1) is 0 Å². The molecule has 0 bridgehead atoms. The van der Waals surface area contributed by atoms with Crippen LogP contribution in [0.15, 0.2) is 18.2 Å². The van der Waals surface area contributed by atoms with Gasteiger partial charge in [-0.3, -0.25) is 9.59 Å². The predicted molar refractivity (Wildman–Crippen MR) is 68.2 cm³/mol. The van der Waals surface area contributed by atoms with Gasteiger partial charge < -0.3 is 20.1 Å². The van der Waals surface area contributed by atoms with Crippen LogP contribution in [0.25, 0.3) is 0 Å². The van der Waals surface area contributed by atoms with Gasteiger partial charge in [-0.25, -0.2) is 0 Å². The molecule has 0 spiro atoms. The lowest BCUT2D eigenvalue weighted by atomic mass is 10.0. The highest BCUT2D eigenvalue weighted by atomic mass is 16.7. The van der Waals surface area contributed by atoms with Gasteiger partial charge in [-0.05, 0) is 25.1 Å². The minimum Gasteiger partial charge on any atom is -0.454 e. The Balaban J connectivity index is 2.17. The fourth-order valence-electron chi connectivity index (χ4n) is 1.83. The maximum absolute atomic E-state index is 12.3. The Hall–Kier alpha value is -2.08. The van der Waals surface area contributed by atoms with Gasteiger partial charge in [0, 0.05) is 12.6 Å². The summed E-state index contributed by atoms with van der Waals surface area (Å²) in [6.45, 7) is 1.71. The summed E-state index contributed by atoms with van der Waals surface area (Å²) in [6.07, 6.45) is 0. The van der Waals surface area contributed by atoms with Crippen molar-refractivity contribution >= 4 is 11.7 Å². The van der Waals surface area contributed by atoms with Gasteiger partial charge in [-0.2, -0.15) is 0 Å². The third-order valence-corrected chi connectivity index (χ3v) is 3.19. The normalized spacial score (nSPS) is 14.1. The molecule has 0 fully saturated rings. The second-order valence-electron chi connectivity index (χ2n) is 4.32. The van der Waals surface area contributed by atoms with Crippen LogP contribution in [0.3, 0.4) is 0 Å². The van der Waals surface area contributed by atoms with Crippen molar-refractivity contribution in [2.24, 2.45) is 5.73 Å². The molecule has 0 aromatic heterocycles. The number of amides is 1. The van der Waals surface area contributed by atoms with E-state index in [9.17, 15) is 9.59 Å². The summed E-state index contributed by atoms with van der Waals surface area (Å²) in [7, 11) is 1.56. The zero-order valence-electron chi connectivity index (χ0n) is 10.9. The van der Waals surface area contributed by atoms with Gasteiger partial charge in [0.2, 0.25) is 12.7 Å². The first-order valence-corrected chi connectivity index (χ1v) is 5.94. The van der Waals surface area contributed by atoms with E-state index in [0.29, 0.717) is 17.1 Å². The standard InChI is InChI=1S/C13H16N2O4/c1-8(15(2)12(16)6-14)13(17)9-3-4-10-11(5-9)19-7-18-10/h3-5,8H,6-7,14H2,1-2H3/t8-/m1/s1. The summed E-state index contributed by atoms with van der Waals surface area (Å²) in [4.78, 5) is 25.1. The Morgan fingerprint density at radius 2 is 2.05 bits per heavy atom. The SMILES string of the molecule is C[C@H](C(=O)c1ccc2c(c1)OCO2)N(C)C(=O)CN. The number of Topliss-reactive ketones (excluding diaryl/α,β-unsaturated/α-hetero) is 1. The smallest absolute Gasteiger partial charge is 0.236 e. The topological polar surface area (TPSA) is 81.9 Å². The Morgan fingerprint density at radius 1 is 1.37 bits per heavy atom. The van der Waals surface area contributed by atoms with Crippen LogP contribution in [0.1, 0.15) is 17.3 Å². The molecule has 102 valence electrons. The van der Waals surface area contributed by atoms with Gasteiger partial charge in [0.15, 0.2) is 17.3 Å². The maximum atomic E-state index is 12.3. The minimum atomic E-state index is -0.573. The van der Waals surface area contributed by atoms with E-state index >= 15 is 0 Å². The van der Waals surface area contributed by atoms with Crippen LogP contribution in [-0.2, 0) is 4.79 Å². The molecule has 19 heavy (non-hydrogen) atoms. The molecule has 6 nitrogen and oxygen atoms in total. The predicted octanol–water partition coefficient (Wildman–Crippen LogP) is 0.404. The van der Waals surface area contributed by atoms with Crippen molar-refractivity contribution in [3.63, 3.8) is 0 Å². The van der Waals surface area contributed by atoms with Gasteiger partial charge in [0.05, 0.1) is 12.6 Å². The second-order valence-corrected chi connectivity index (χ2v) is 4.32. The molecular formula is C13H16N2O4. The van der Waals surface area contributed by atoms with E-state index in [4.69, 9.17) is 15.2 Å². The lowest BCUT2D eigenvalue weighted by Gasteiger charge is -2.23. The number of ketones is 1. The zero-order valence-corrected chi connectivity index (χ0v) is 10.9. The first kappa shape index (κ1) is 13.4. The highest BCUT2D eigenvalue weighted by Gasteiger charge is 2.24. The van der Waals surface area contributed by atoms with Crippen LogP contribution in [-0.4, -0.2) is 43.0 Å². The fourth-order valence-corrected chi connectivity index (χ4v) is 1.83. The molecule has 0 aliphatic carbocycles. The van der Waals surface area contributed by atoms with Crippen LogP contribution in [0.2, 0.25) is 0 Å². The number of likely N-dealkylation sites (N-methyl/N-ethyl adjacent to an activating group) is 1. The Morgan fingerprint density at radius 3 is 2.74 bits per heavy atom. The average Bonchev–Trinajstić information content (AvgIpc) is 2.91. The van der Waals surface area contributed by atoms with E-state index in [-0.39, 0.29) is 25.0 Å². The first-order valence-electron chi connectivity index (χ1n) is 5.94. The number of hydrogen-bond acceptors (Lipinski definition) is 5. The summed E-state index contributed by atoms with van der Waals surface area (Å²) in [6, 6.07) is 4.40. The molecule has 1 aromatic rings. The zero-order chi connectivity index (χ0) is 14.0. The number of hydrogen-bond donors (Lipinski definition) is 1. The van der Waals surface area contributed by atoms with E-state index in [2.05, 4.69) is 0 Å². The van der Waals surface area contributed by atoms with Crippen molar-refractivity contribution in [1.82, 2.24) is 4.90 Å². The molecule has 1 atom stereocenters. The molecule has 0 unspecified atom stereocenters. The van der Waals surface area contributed by atoms with Crippen LogP contribution < -0.4 is 15.2 Å². The molecule has 6 heteroatoms. The molecule has 1 aliphatic rings. The van der Waals surface area contributed by atoms with Crippen molar-refractivity contribution in [2.45, 2.75) is 13.0 Å². The van der Waals surface area contributed by atoms with E-state index in [0.717, 1.165) is 0 Å². The van der Waals surface area contributed by atoms with Gasteiger partial charge >= 0.3 is 0 Å². The third-order valence-electron chi connectivity index (χ3n) is 3.19. The Kier molecular flexibility index (Phi) is 3.71.